The lowest BCUT2D eigenvalue weighted by Gasteiger charge is -2.10. The average Bonchev–Trinajstić information content (AvgIpc) is 3.00. The van der Waals surface area contributed by atoms with Crippen LogP contribution in [0.1, 0.15) is 12.8 Å². The quantitative estimate of drug-likeness (QED) is 0.479. The van der Waals surface area contributed by atoms with E-state index in [1.165, 1.54) is 0 Å². The molecule has 0 aromatic rings. The van der Waals surface area contributed by atoms with Crippen LogP contribution in [0, 0.1) is 11.8 Å². The van der Waals surface area contributed by atoms with Gasteiger partial charge in [0.15, 0.2) is 0 Å². The molecule has 0 spiro atoms. The summed E-state index contributed by atoms with van der Waals surface area (Å²) in [5.74, 6) is -0.853. The number of rotatable bonds is 3. The van der Waals surface area contributed by atoms with Gasteiger partial charge in [0, 0.05) is 6.54 Å². The predicted octanol–water partition coefficient (Wildman–Crippen LogP) is -0.473. The largest absolute Gasteiger partial charge is 0.392 e. The Morgan fingerprint density at radius 1 is 1.44 bits per heavy atom. The van der Waals surface area contributed by atoms with Crippen molar-refractivity contribution in [3.63, 3.8) is 0 Å². The molecule has 2 fully saturated rings. The molecule has 1 amide bonds. The van der Waals surface area contributed by atoms with Gasteiger partial charge >= 0.3 is 5.97 Å². The van der Waals surface area contributed by atoms with E-state index < -0.39 is 24.0 Å². The number of hydrogen-bond acceptors (Lipinski definition) is 5. The second-order valence-corrected chi connectivity index (χ2v) is 4.48. The summed E-state index contributed by atoms with van der Waals surface area (Å²) in [4.78, 5) is 27.6. The van der Waals surface area contributed by atoms with Crippen molar-refractivity contribution in [1.29, 1.82) is 0 Å². The summed E-state index contributed by atoms with van der Waals surface area (Å²) in [6.45, 7) is 3.97. The van der Waals surface area contributed by atoms with E-state index in [1.54, 1.807) is 6.08 Å². The molecule has 2 rings (SSSR count). The van der Waals surface area contributed by atoms with Crippen LogP contribution in [0.15, 0.2) is 12.7 Å². The Hall–Kier alpha value is -1.11. The minimum atomic E-state index is -0.518. The number of hydrogen-bond donors (Lipinski definition) is 3. The van der Waals surface area contributed by atoms with E-state index >= 15 is 0 Å². The lowest BCUT2D eigenvalue weighted by molar-refractivity contribution is -0.160. The predicted molar refractivity (Wildman–Crippen MR) is 65.7 cm³/mol. The van der Waals surface area contributed by atoms with Crippen molar-refractivity contribution in [2.45, 2.75) is 25.0 Å². The molecule has 6 nitrogen and oxygen atoms in total. The molecular weight excluding hydrogens is 260 g/mol. The maximum absolute atomic E-state index is 11.5. The van der Waals surface area contributed by atoms with E-state index in [1.807, 2.05) is 0 Å². The van der Waals surface area contributed by atoms with Crippen molar-refractivity contribution in [3.05, 3.63) is 12.7 Å². The first kappa shape index (κ1) is 14.9. The van der Waals surface area contributed by atoms with Crippen molar-refractivity contribution < 1.29 is 19.5 Å². The molecule has 1 aliphatic heterocycles. The lowest BCUT2D eigenvalue weighted by atomic mass is 10.2. The van der Waals surface area contributed by atoms with Crippen LogP contribution in [0.5, 0.6) is 0 Å². The number of β-amino-alcohol motifs (C(OH)–C–C–N with tert-alkyl or cyclic N) is 1. The molecule has 0 unspecified atom stereocenters. The van der Waals surface area contributed by atoms with Crippen LogP contribution >= 0.6 is 12.4 Å². The van der Waals surface area contributed by atoms with Crippen molar-refractivity contribution in [2.75, 3.05) is 6.54 Å². The SMILES string of the molecule is C=C[C@@H]1C[C@H]1C(=O)ONC(=O)[C@@H]1C[C@@H](O)CN1.Cl. The number of aliphatic hydroxyl groups is 1. The Labute approximate surface area is 111 Å². The number of carbonyl (C=O) groups excluding carboxylic acids is 2. The maximum atomic E-state index is 11.5. The number of nitrogens with one attached hydrogen (secondary N) is 2. The molecule has 0 aromatic heterocycles. The number of aliphatic hydroxyl groups excluding tert-OH is 1. The second kappa shape index (κ2) is 6.17. The number of amides is 1. The highest BCUT2D eigenvalue weighted by molar-refractivity contribution is 5.85. The van der Waals surface area contributed by atoms with E-state index in [2.05, 4.69) is 17.4 Å². The summed E-state index contributed by atoms with van der Waals surface area (Å²) in [5.41, 5.74) is 2.11. The van der Waals surface area contributed by atoms with Gasteiger partial charge in [0.05, 0.1) is 18.1 Å². The summed E-state index contributed by atoms with van der Waals surface area (Å²) in [5, 5.41) is 12.1. The van der Waals surface area contributed by atoms with Crippen LogP contribution in [0.25, 0.3) is 0 Å². The normalized spacial score (nSPS) is 33.2. The Bertz CT molecular complexity index is 350. The lowest BCUT2D eigenvalue weighted by Crippen LogP contribution is -2.41. The highest BCUT2D eigenvalue weighted by Gasteiger charge is 2.42. The van der Waals surface area contributed by atoms with Gasteiger partial charge in [-0.05, 0) is 18.8 Å². The Morgan fingerprint density at radius 3 is 2.67 bits per heavy atom. The molecule has 1 aliphatic carbocycles. The van der Waals surface area contributed by atoms with Crippen molar-refractivity contribution in [1.82, 2.24) is 10.8 Å². The second-order valence-electron chi connectivity index (χ2n) is 4.48. The molecular formula is C11H17ClN2O4. The Kier molecular flexibility index (Phi) is 5.13. The maximum Gasteiger partial charge on any atom is 0.335 e. The van der Waals surface area contributed by atoms with Gasteiger partial charge in [0.2, 0.25) is 0 Å². The van der Waals surface area contributed by atoms with Gasteiger partial charge in [-0.3, -0.25) is 4.79 Å². The van der Waals surface area contributed by atoms with Gasteiger partial charge in [-0.1, -0.05) is 6.08 Å². The minimum absolute atomic E-state index is 0. The zero-order valence-corrected chi connectivity index (χ0v) is 10.6. The Morgan fingerprint density at radius 2 is 2.17 bits per heavy atom. The summed E-state index contributed by atoms with van der Waals surface area (Å²) in [6.07, 6.45) is 2.26. The number of allylic oxidation sites excluding steroid dienone is 1. The van der Waals surface area contributed by atoms with Gasteiger partial charge in [-0.15, -0.1) is 19.0 Å². The molecule has 18 heavy (non-hydrogen) atoms. The molecule has 0 radical (unpaired) electrons. The first-order valence-corrected chi connectivity index (χ1v) is 5.66. The summed E-state index contributed by atoms with van der Waals surface area (Å²) in [6, 6.07) is -0.493. The van der Waals surface area contributed by atoms with E-state index in [0.29, 0.717) is 13.0 Å². The topological polar surface area (TPSA) is 87.7 Å². The molecule has 0 bridgehead atoms. The molecule has 102 valence electrons. The van der Waals surface area contributed by atoms with E-state index in [4.69, 9.17) is 4.84 Å². The molecule has 0 aromatic carbocycles. The monoisotopic (exact) mass is 276 g/mol. The van der Waals surface area contributed by atoms with Crippen LogP contribution in [0.4, 0.5) is 0 Å². The molecule has 1 heterocycles. The molecule has 7 heteroatoms. The third-order valence-corrected chi connectivity index (χ3v) is 3.12. The van der Waals surface area contributed by atoms with Gasteiger partial charge in [0.1, 0.15) is 0 Å². The zero-order chi connectivity index (χ0) is 12.4. The van der Waals surface area contributed by atoms with Gasteiger partial charge in [-0.2, -0.15) is 5.48 Å². The fraction of sp³-hybridized carbons (Fsp3) is 0.636. The zero-order valence-electron chi connectivity index (χ0n) is 9.80. The third-order valence-electron chi connectivity index (χ3n) is 3.12. The fourth-order valence-corrected chi connectivity index (χ4v) is 1.91. The Balaban J connectivity index is 0.00000162. The average molecular weight is 277 g/mol. The highest BCUT2D eigenvalue weighted by Crippen LogP contribution is 2.39. The number of hydroxylamine groups is 1. The smallest absolute Gasteiger partial charge is 0.335 e. The number of carbonyl (C=O) groups is 2. The highest BCUT2D eigenvalue weighted by atomic mass is 35.5. The van der Waals surface area contributed by atoms with Crippen molar-refractivity contribution >= 4 is 24.3 Å². The molecule has 1 saturated carbocycles. The summed E-state index contributed by atoms with van der Waals surface area (Å²) >= 11 is 0. The van der Waals surface area contributed by atoms with Crippen molar-refractivity contribution in [3.8, 4) is 0 Å². The first-order chi connectivity index (χ1) is 8.11. The van der Waals surface area contributed by atoms with E-state index in [9.17, 15) is 14.7 Å². The van der Waals surface area contributed by atoms with Crippen LogP contribution in [-0.2, 0) is 14.4 Å². The van der Waals surface area contributed by atoms with Gasteiger partial charge < -0.3 is 15.3 Å². The van der Waals surface area contributed by atoms with Gasteiger partial charge in [-0.25, -0.2) is 4.79 Å². The van der Waals surface area contributed by atoms with Crippen LogP contribution in [-0.4, -0.2) is 35.7 Å². The first-order valence-electron chi connectivity index (χ1n) is 5.66. The molecule has 3 N–H and O–H groups in total. The van der Waals surface area contributed by atoms with E-state index in [0.717, 1.165) is 6.42 Å². The molecule has 1 saturated heterocycles. The van der Waals surface area contributed by atoms with E-state index in [-0.39, 0.29) is 24.2 Å². The van der Waals surface area contributed by atoms with Gasteiger partial charge in [0.25, 0.3) is 5.91 Å². The fourth-order valence-electron chi connectivity index (χ4n) is 1.91. The van der Waals surface area contributed by atoms with Crippen molar-refractivity contribution in [2.24, 2.45) is 11.8 Å². The van der Waals surface area contributed by atoms with Crippen LogP contribution in [0.3, 0.4) is 0 Å². The molecule has 2 aliphatic rings. The number of halogens is 1. The summed E-state index contributed by atoms with van der Waals surface area (Å²) in [7, 11) is 0. The third kappa shape index (κ3) is 3.44. The summed E-state index contributed by atoms with van der Waals surface area (Å²) < 4.78 is 0. The van der Waals surface area contributed by atoms with Crippen LogP contribution < -0.4 is 10.8 Å². The van der Waals surface area contributed by atoms with Crippen LogP contribution in [0.2, 0.25) is 0 Å². The minimum Gasteiger partial charge on any atom is -0.392 e. The standard InChI is InChI=1S/C11H16N2O4.ClH/c1-2-6-3-8(6)11(16)17-13-10(15)9-4-7(14)5-12-9;/h2,6-9,12,14H,1,3-5H2,(H,13,15);1H/t6-,7-,8-,9+;/m1./s1. The molecule has 4 atom stereocenters.